The fourth-order valence-electron chi connectivity index (χ4n) is 2.08. The minimum atomic E-state index is 0.180. The Hall–Kier alpha value is -0.790. The van der Waals surface area contributed by atoms with Gasteiger partial charge in [0.05, 0.1) is 0 Å². The smallest absolute Gasteiger partial charge is 0.225 e. The maximum absolute atomic E-state index is 12.1. The van der Waals surface area contributed by atoms with E-state index in [-0.39, 0.29) is 5.92 Å². The first-order chi connectivity index (χ1) is 8.67. The van der Waals surface area contributed by atoms with Crippen LogP contribution in [0.2, 0.25) is 0 Å². The highest BCUT2D eigenvalue weighted by Gasteiger charge is 2.17. The van der Waals surface area contributed by atoms with Gasteiger partial charge in [0.2, 0.25) is 5.91 Å². The molecule has 0 aliphatic carbocycles. The Morgan fingerprint density at radius 3 is 2.33 bits per heavy atom. The van der Waals surface area contributed by atoms with Gasteiger partial charge in [0.1, 0.15) is 0 Å². The van der Waals surface area contributed by atoms with Crippen LogP contribution in [-0.4, -0.2) is 23.9 Å². The zero-order valence-corrected chi connectivity index (χ0v) is 12.7. The van der Waals surface area contributed by atoms with Crippen LogP contribution in [0.4, 0.5) is 0 Å². The number of amides is 1. The largest absolute Gasteiger partial charge is 0.342 e. The van der Waals surface area contributed by atoms with Crippen molar-refractivity contribution in [2.24, 2.45) is 5.92 Å². The molecule has 0 rings (SSSR count). The minimum absolute atomic E-state index is 0.180. The zero-order chi connectivity index (χ0) is 13.8. The molecule has 0 saturated carbocycles. The molecule has 0 heterocycles. The number of hydrogen-bond acceptors (Lipinski definition) is 1. The van der Waals surface area contributed by atoms with E-state index < -0.39 is 0 Å². The summed E-state index contributed by atoms with van der Waals surface area (Å²) in [4.78, 5) is 14.1. The summed E-state index contributed by atoms with van der Waals surface area (Å²) >= 11 is 0. The lowest BCUT2D eigenvalue weighted by atomic mass is 10.0. The monoisotopic (exact) mass is 253 g/mol. The van der Waals surface area contributed by atoms with Gasteiger partial charge in [0.25, 0.3) is 0 Å². The summed E-state index contributed by atoms with van der Waals surface area (Å²) in [6.45, 7) is 10.2. The molecule has 18 heavy (non-hydrogen) atoms. The molecule has 106 valence electrons. The molecule has 0 bridgehead atoms. The lowest BCUT2D eigenvalue weighted by molar-refractivity contribution is -0.135. The van der Waals surface area contributed by atoms with Gasteiger partial charge in [-0.1, -0.05) is 52.2 Å². The Morgan fingerprint density at radius 2 is 1.78 bits per heavy atom. The van der Waals surface area contributed by atoms with Gasteiger partial charge in [0, 0.05) is 19.0 Å². The number of unbranched alkanes of at least 4 members (excludes halogenated alkanes) is 2. The van der Waals surface area contributed by atoms with Crippen LogP contribution in [0.25, 0.3) is 0 Å². The summed E-state index contributed by atoms with van der Waals surface area (Å²) in [6, 6.07) is 0. The highest BCUT2D eigenvalue weighted by molar-refractivity contribution is 5.78. The second kappa shape index (κ2) is 11.3. The normalized spacial score (nSPS) is 12.9. The van der Waals surface area contributed by atoms with E-state index in [9.17, 15) is 4.79 Å². The lowest BCUT2D eigenvalue weighted by Crippen LogP contribution is -2.35. The van der Waals surface area contributed by atoms with Crippen LogP contribution in [0, 0.1) is 5.92 Å². The highest BCUT2D eigenvalue weighted by Crippen LogP contribution is 2.10. The Bertz CT molecular complexity index is 235. The first-order valence-electron chi connectivity index (χ1n) is 7.61. The van der Waals surface area contributed by atoms with E-state index in [4.69, 9.17) is 0 Å². The molecule has 1 unspecified atom stereocenters. The quantitative estimate of drug-likeness (QED) is 0.417. The Balaban J connectivity index is 3.95. The third-order valence-corrected chi connectivity index (χ3v) is 3.29. The molecule has 0 fully saturated rings. The van der Waals surface area contributed by atoms with Crippen molar-refractivity contribution in [3.63, 3.8) is 0 Å². The van der Waals surface area contributed by atoms with Gasteiger partial charge < -0.3 is 4.90 Å². The molecule has 0 saturated heterocycles. The van der Waals surface area contributed by atoms with Crippen molar-refractivity contribution < 1.29 is 4.79 Å². The number of carbonyl (C=O) groups excluding carboxylic acids is 1. The fraction of sp³-hybridized carbons (Fsp3) is 0.812. The average Bonchev–Trinajstić information content (AvgIpc) is 2.37. The van der Waals surface area contributed by atoms with Crippen LogP contribution in [0.15, 0.2) is 12.2 Å². The summed E-state index contributed by atoms with van der Waals surface area (Å²) in [7, 11) is 0. The summed E-state index contributed by atoms with van der Waals surface area (Å²) in [5.41, 5.74) is 0. The molecule has 0 aliphatic rings. The Kier molecular flexibility index (Phi) is 10.8. The fourth-order valence-corrected chi connectivity index (χ4v) is 2.08. The van der Waals surface area contributed by atoms with Crippen molar-refractivity contribution in [3.05, 3.63) is 12.2 Å². The van der Waals surface area contributed by atoms with Crippen molar-refractivity contribution in [1.29, 1.82) is 0 Å². The second-order valence-corrected chi connectivity index (χ2v) is 5.01. The molecule has 1 amide bonds. The first kappa shape index (κ1) is 17.2. The minimum Gasteiger partial charge on any atom is -0.342 e. The Labute approximate surface area is 113 Å². The standard InChI is InChI=1S/C16H31NO/c1-5-8-9-10-11-12-14-17(7-3)16(18)15(4)13-6-2/h10-11,15H,5-9,12-14H2,1-4H3/b11-10+. The third kappa shape index (κ3) is 7.52. The van der Waals surface area contributed by atoms with Crippen LogP contribution in [-0.2, 0) is 4.79 Å². The zero-order valence-electron chi connectivity index (χ0n) is 12.7. The lowest BCUT2D eigenvalue weighted by Gasteiger charge is -2.23. The Morgan fingerprint density at radius 1 is 1.11 bits per heavy atom. The summed E-state index contributed by atoms with van der Waals surface area (Å²) in [5.74, 6) is 0.500. The summed E-state index contributed by atoms with van der Waals surface area (Å²) in [6.07, 6.45) is 11.2. The molecule has 0 spiro atoms. The van der Waals surface area contributed by atoms with Crippen molar-refractivity contribution in [3.8, 4) is 0 Å². The van der Waals surface area contributed by atoms with E-state index >= 15 is 0 Å². The van der Waals surface area contributed by atoms with Gasteiger partial charge in [-0.05, 0) is 26.2 Å². The van der Waals surface area contributed by atoms with Crippen LogP contribution in [0.3, 0.4) is 0 Å². The van der Waals surface area contributed by atoms with Gasteiger partial charge in [0.15, 0.2) is 0 Å². The molecule has 0 aromatic heterocycles. The second-order valence-electron chi connectivity index (χ2n) is 5.01. The third-order valence-electron chi connectivity index (χ3n) is 3.29. The summed E-state index contributed by atoms with van der Waals surface area (Å²) in [5, 5.41) is 0. The maximum Gasteiger partial charge on any atom is 0.225 e. The van der Waals surface area contributed by atoms with E-state index in [1.54, 1.807) is 0 Å². The van der Waals surface area contributed by atoms with E-state index in [1.807, 2.05) is 11.8 Å². The van der Waals surface area contributed by atoms with Crippen molar-refractivity contribution in [2.75, 3.05) is 13.1 Å². The van der Waals surface area contributed by atoms with E-state index in [0.29, 0.717) is 5.91 Å². The van der Waals surface area contributed by atoms with Crippen LogP contribution in [0.5, 0.6) is 0 Å². The average molecular weight is 253 g/mol. The topological polar surface area (TPSA) is 20.3 Å². The maximum atomic E-state index is 12.1. The van der Waals surface area contributed by atoms with Gasteiger partial charge in [-0.3, -0.25) is 4.79 Å². The van der Waals surface area contributed by atoms with Gasteiger partial charge in [-0.15, -0.1) is 0 Å². The molecule has 0 N–H and O–H groups in total. The van der Waals surface area contributed by atoms with Gasteiger partial charge in [-0.25, -0.2) is 0 Å². The number of nitrogens with zero attached hydrogens (tertiary/aromatic N) is 1. The molecular weight excluding hydrogens is 222 g/mol. The van der Waals surface area contributed by atoms with E-state index in [1.165, 1.54) is 19.3 Å². The molecule has 2 heteroatoms. The molecule has 0 aromatic carbocycles. The molecule has 2 nitrogen and oxygen atoms in total. The van der Waals surface area contributed by atoms with Crippen LogP contribution in [0.1, 0.15) is 66.2 Å². The number of allylic oxidation sites excluding steroid dienone is 1. The predicted molar refractivity (Wildman–Crippen MR) is 79.6 cm³/mol. The number of hydrogen-bond donors (Lipinski definition) is 0. The van der Waals surface area contributed by atoms with Crippen molar-refractivity contribution in [2.45, 2.75) is 66.2 Å². The molecule has 0 aromatic rings. The SMILES string of the molecule is CCCC/C=C/CCN(CC)C(=O)C(C)CCC. The number of carbonyl (C=O) groups is 1. The van der Waals surface area contributed by atoms with Gasteiger partial charge in [-0.2, -0.15) is 0 Å². The highest BCUT2D eigenvalue weighted by atomic mass is 16.2. The van der Waals surface area contributed by atoms with E-state index in [2.05, 4.69) is 32.9 Å². The molecule has 1 atom stereocenters. The van der Waals surface area contributed by atoms with Crippen LogP contribution >= 0.6 is 0 Å². The summed E-state index contributed by atoms with van der Waals surface area (Å²) < 4.78 is 0. The molecular formula is C16H31NO. The molecule has 0 aliphatic heterocycles. The molecule has 0 radical (unpaired) electrons. The van der Waals surface area contributed by atoms with Crippen molar-refractivity contribution in [1.82, 2.24) is 4.90 Å². The van der Waals surface area contributed by atoms with E-state index in [0.717, 1.165) is 32.4 Å². The first-order valence-corrected chi connectivity index (χ1v) is 7.61. The van der Waals surface area contributed by atoms with Crippen molar-refractivity contribution >= 4 is 5.91 Å². The van der Waals surface area contributed by atoms with Gasteiger partial charge >= 0.3 is 0 Å². The predicted octanol–water partition coefficient (Wildman–Crippen LogP) is 4.41. The number of rotatable bonds is 10. The van der Waals surface area contributed by atoms with Crippen LogP contribution < -0.4 is 0 Å².